The third-order valence-electron chi connectivity index (χ3n) is 4.10. The molecule has 0 bridgehead atoms. The van der Waals surface area contributed by atoms with Crippen LogP contribution in [0.2, 0.25) is 0 Å². The molecule has 0 aliphatic heterocycles. The fourth-order valence-electron chi connectivity index (χ4n) is 2.54. The predicted molar refractivity (Wildman–Crippen MR) is 102 cm³/mol. The number of ether oxygens (including phenoxy) is 1. The molecule has 0 heterocycles. The Morgan fingerprint density at radius 1 is 1.04 bits per heavy atom. The van der Waals surface area contributed by atoms with Crippen LogP contribution in [0.1, 0.15) is 17.5 Å². The summed E-state index contributed by atoms with van der Waals surface area (Å²) in [6.45, 7) is 3.17. The van der Waals surface area contributed by atoms with Gasteiger partial charge in [-0.25, -0.2) is 8.42 Å². The number of carbonyl (C=O) groups is 1. The first-order chi connectivity index (χ1) is 12.4. The summed E-state index contributed by atoms with van der Waals surface area (Å²) in [7, 11) is -1.90. The minimum Gasteiger partial charge on any atom is -0.383 e. The number of aryl methyl sites for hydroxylation is 1. The van der Waals surface area contributed by atoms with Crippen LogP contribution in [0.25, 0.3) is 0 Å². The highest BCUT2D eigenvalue weighted by Crippen LogP contribution is 2.14. The Morgan fingerprint density at radius 2 is 1.69 bits per heavy atom. The van der Waals surface area contributed by atoms with Crippen molar-refractivity contribution in [1.82, 2.24) is 4.90 Å². The van der Waals surface area contributed by atoms with Crippen LogP contribution in [-0.4, -0.2) is 45.2 Å². The van der Waals surface area contributed by atoms with Gasteiger partial charge in [-0.3, -0.25) is 4.79 Å². The maximum atomic E-state index is 12.6. The second kappa shape index (κ2) is 9.50. The molecule has 0 spiro atoms. The summed E-state index contributed by atoms with van der Waals surface area (Å²) >= 11 is 0. The number of hydrogen-bond donors (Lipinski definition) is 0. The number of rotatable bonds is 9. The van der Waals surface area contributed by atoms with Crippen molar-refractivity contribution in [2.24, 2.45) is 0 Å². The van der Waals surface area contributed by atoms with Gasteiger partial charge in [0.2, 0.25) is 5.91 Å². The molecule has 0 radical (unpaired) electrons. The first-order valence-corrected chi connectivity index (χ1v) is 10.2. The number of benzene rings is 2. The van der Waals surface area contributed by atoms with E-state index in [0.717, 1.165) is 11.1 Å². The number of methoxy groups -OCH3 is 1. The summed E-state index contributed by atoms with van der Waals surface area (Å²) in [5, 5.41) is 0. The molecule has 2 rings (SSSR count). The lowest BCUT2D eigenvalue weighted by Gasteiger charge is -2.22. The van der Waals surface area contributed by atoms with Crippen LogP contribution in [0.15, 0.2) is 59.5 Å². The van der Waals surface area contributed by atoms with Crippen molar-refractivity contribution < 1.29 is 17.9 Å². The molecular formula is C20H25NO4S. The van der Waals surface area contributed by atoms with Crippen LogP contribution in [0.4, 0.5) is 0 Å². The maximum Gasteiger partial charge on any atom is 0.223 e. The summed E-state index contributed by atoms with van der Waals surface area (Å²) in [5.41, 5.74) is 1.99. The zero-order valence-corrected chi connectivity index (χ0v) is 16.0. The molecule has 26 heavy (non-hydrogen) atoms. The third kappa shape index (κ3) is 5.97. The van der Waals surface area contributed by atoms with Crippen molar-refractivity contribution in [2.75, 3.05) is 26.0 Å². The van der Waals surface area contributed by atoms with Gasteiger partial charge in [-0.2, -0.15) is 0 Å². The van der Waals surface area contributed by atoms with E-state index in [9.17, 15) is 13.2 Å². The summed E-state index contributed by atoms with van der Waals surface area (Å²) < 4.78 is 30.0. The first kappa shape index (κ1) is 20.1. The molecule has 0 unspecified atom stereocenters. The van der Waals surface area contributed by atoms with Crippen LogP contribution >= 0.6 is 0 Å². The minimum atomic E-state index is -3.48. The van der Waals surface area contributed by atoms with Gasteiger partial charge < -0.3 is 9.64 Å². The average molecular weight is 375 g/mol. The van der Waals surface area contributed by atoms with Crippen LogP contribution in [-0.2, 0) is 25.9 Å². The van der Waals surface area contributed by atoms with Crippen molar-refractivity contribution >= 4 is 15.7 Å². The third-order valence-corrected chi connectivity index (χ3v) is 5.83. The second-order valence-corrected chi connectivity index (χ2v) is 8.28. The summed E-state index contributed by atoms with van der Waals surface area (Å²) in [4.78, 5) is 14.5. The number of sulfone groups is 1. The van der Waals surface area contributed by atoms with Gasteiger partial charge in [-0.15, -0.1) is 0 Å². The Bertz CT molecular complexity index is 801. The largest absolute Gasteiger partial charge is 0.383 e. The fraction of sp³-hybridized carbons (Fsp3) is 0.350. The first-order valence-electron chi connectivity index (χ1n) is 8.52. The van der Waals surface area contributed by atoms with E-state index in [2.05, 4.69) is 0 Å². The van der Waals surface area contributed by atoms with E-state index >= 15 is 0 Å². The van der Waals surface area contributed by atoms with Crippen LogP contribution in [0, 0.1) is 6.92 Å². The molecule has 0 atom stereocenters. The average Bonchev–Trinajstić information content (AvgIpc) is 2.64. The Balaban J connectivity index is 2.02. The van der Waals surface area contributed by atoms with E-state index in [0.29, 0.717) is 19.7 Å². The van der Waals surface area contributed by atoms with Gasteiger partial charge in [0.25, 0.3) is 0 Å². The molecule has 0 saturated heterocycles. The predicted octanol–water partition coefficient (Wildman–Crippen LogP) is 2.83. The minimum absolute atomic E-state index is 0.0489. The Morgan fingerprint density at radius 3 is 2.31 bits per heavy atom. The Kier molecular flexibility index (Phi) is 7.36. The maximum absolute atomic E-state index is 12.6. The van der Waals surface area contributed by atoms with E-state index < -0.39 is 9.84 Å². The molecule has 140 valence electrons. The topological polar surface area (TPSA) is 63.7 Å². The summed E-state index contributed by atoms with van der Waals surface area (Å²) in [6.07, 6.45) is -0.0489. The van der Waals surface area contributed by atoms with Crippen molar-refractivity contribution in [1.29, 1.82) is 0 Å². The number of amides is 1. The molecule has 0 N–H and O–H groups in total. The van der Waals surface area contributed by atoms with Crippen molar-refractivity contribution in [3.8, 4) is 0 Å². The highest BCUT2D eigenvalue weighted by molar-refractivity contribution is 7.91. The van der Waals surface area contributed by atoms with Gasteiger partial charge in [-0.05, 0) is 24.6 Å². The van der Waals surface area contributed by atoms with Gasteiger partial charge in [0.05, 0.1) is 17.3 Å². The van der Waals surface area contributed by atoms with E-state index in [-0.39, 0.29) is 23.0 Å². The lowest BCUT2D eigenvalue weighted by atomic mass is 10.2. The van der Waals surface area contributed by atoms with Gasteiger partial charge in [-0.1, -0.05) is 48.0 Å². The standard InChI is InChI=1S/C20H25NO4S/c1-17-8-10-19(11-9-17)26(23,24)15-12-20(22)21(13-14-25-2)16-18-6-4-3-5-7-18/h3-11H,12-16H2,1-2H3. The van der Waals surface area contributed by atoms with Gasteiger partial charge in [0, 0.05) is 26.6 Å². The number of carbonyl (C=O) groups excluding carboxylic acids is 1. The molecule has 0 aromatic heterocycles. The second-order valence-electron chi connectivity index (χ2n) is 6.18. The molecule has 1 amide bonds. The molecule has 6 heteroatoms. The molecule has 0 fully saturated rings. The van der Waals surface area contributed by atoms with Crippen LogP contribution in [0.3, 0.4) is 0 Å². The summed E-state index contributed by atoms with van der Waals surface area (Å²) in [5.74, 6) is -0.394. The normalized spacial score (nSPS) is 11.3. The zero-order chi connectivity index (χ0) is 19.0. The molecule has 0 aliphatic carbocycles. The van der Waals surface area contributed by atoms with E-state index in [4.69, 9.17) is 4.74 Å². The van der Waals surface area contributed by atoms with Crippen molar-refractivity contribution in [3.05, 3.63) is 65.7 Å². The monoisotopic (exact) mass is 375 g/mol. The van der Waals surface area contributed by atoms with Crippen molar-refractivity contribution in [3.63, 3.8) is 0 Å². The van der Waals surface area contributed by atoms with Crippen LogP contribution in [0.5, 0.6) is 0 Å². The molecule has 2 aromatic rings. The fourth-order valence-corrected chi connectivity index (χ4v) is 3.77. The van der Waals surface area contributed by atoms with Gasteiger partial charge in [0.1, 0.15) is 0 Å². The number of hydrogen-bond acceptors (Lipinski definition) is 4. The Hall–Kier alpha value is -2.18. The molecular weight excluding hydrogens is 350 g/mol. The van der Waals surface area contributed by atoms with E-state index in [1.165, 1.54) is 0 Å². The van der Waals surface area contributed by atoms with E-state index in [1.807, 2.05) is 37.3 Å². The molecule has 0 aliphatic rings. The SMILES string of the molecule is COCCN(Cc1ccccc1)C(=O)CCS(=O)(=O)c1ccc(C)cc1. The summed E-state index contributed by atoms with van der Waals surface area (Å²) in [6, 6.07) is 16.3. The molecule has 2 aromatic carbocycles. The zero-order valence-electron chi connectivity index (χ0n) is 15.2. The smallest absolute Gasteiger partial charge is 0.223 e. The van der Waals surface area contributed by atoms with Crippen LogP contribution < -0.4 is 0 Å². The van der Waals surface area contributed by atoms with Gasteiger partial charge >= 0.3 is 0 Å². The quantitative estimate of drug-likeness (QED) is 0.676. The van der Waals surface area contributed by atoms with E-state index in [1.54, 1.807) is 36.3 Å². The molecule has 0 saturated carbocycles. The highest BCUT2D eigenvalue weighted by atomic mass is 32.2. The molecule has 5 nitrogen and oxygen atoms in total. The Labute approximate surface area is 155 Å². The lowest BCUT2D eigenvalue weighted by molar-refractivity contribution is -0.132. The number of nitrogens with zero attached hydrogens (tertiary/aromatic N) is 1. The lowest BCUT2D eigenvalue weighted by Crippen LogP contribution is -2.34. The highest BCUT2D eigenvalue weighted by Gasteiger charge is 2.20. The van der Waals surface area contributed by atoms with Gasteiger partial charge in [0.15, 0.2) is 9.84 Å². The van der Waals surface area contributed by atoms with Crippen molar-refractivity contribution in [2.45, 2.75) is 24.8 Å².